The van der Waals surface area contributed by atoms with Gasteiger partial charge in [0.25, 0.3) is 5.69 Å². The molecule has 0 aliphatic rings. The highest BCUT2D eigenvalue weighted by Crippen LogP contribution is 2.18. The third kappa shape index (κ3) is 5.31. The molecule has 0 bridgehead atoms. The number of nitro groups is 1. The number of hydrogen-bond donors (Lipinski definition) is 2. The second-order valence-corrected chi connectivity index (χ2v) is 4.68. The molecule has 1 aromatic carbocycles. The predicted octanol–water partition coefficient (Wildman–Crippen LogP) is 1.99. The monoisotopic (exact) mass is 308 g/mol. The lowest BCUT2D eigenvalue weighted by Gasteiger charge is -2.14. The molecule has 22 heavy (non-hydrogen) atoms. The van der Waals surface area contributed by atoms with Crippen LogP contribution < -0.4 is 5.32 Å². The second kappa shape index (κ2) is 7.87. The first kappa shape index (κ1) is 17.3. The summed E-state index contributed by atoms with van der Waals surface area (Å²) in [6.45, 7) is 1.63. The van der Waals surface area contributed by atoms with Gasteiger partial charge in [0.15, 0.2) is 0 Å². The number of Topliss-reactive ketones (excluding diaryl/α,β-unsaturated/α-hetero) is 1. The van der Waals surface area contributed by atoms with E-state index in [0.29, 0.717) is 5.69 Å². The van der Waals surface area contributed by atoms with E-state index in [4.69, 9.17) is 5.11 Å². The van der Waals surface area contributed by atoms with E-state index in [2.05, 4.69) is 5.32 Å². The van der Waals surface area contributed by atoms with Crippen LogP contribution in [-0.2, 0) is 14.4 Å². The lowest BCUT2D eigenvalue weighted by Crippen LogP contribution is -2.27. The van der Waals surface area contributed by atoms with Gasteiger partial charge in [-0.3, -0.25) is 24.5 Å². The Hall–Kier alpha value is -2.77. The number of ketones is 1. The summed E-state index contributed by atoms with van der Waals surface area (Å²) in [5.41, 5.74) is 0.177. The number of benzene rings is 1. The first-order valence-electron chi connectivity index (χ1n) is 6.62. The quantitative estimate of drug-likeness (QED) is 0.558. The number of carbonyl (C=O) groups is 3. The fourth-order valence-electron chi connectivity index (χ4n) is 1.80. The smallest absolute Gasteiger partial charge is 0.304 e. The average molecular weight is 308 g/mol. The minimum absolute atomic E-state index is 0.124. The lowest BCUT2D eigenvalue weighted by molar-refractivity contribution is -0.384. The van der Waals surface area contributed by atoms with Gasteiger partial charge >= 0.3 is 5.97 Å². The number of nitro benzene ring substituents is 1. The molecule has 2 N–H and O–H groups in total. The van der Waals surface area contributed by atoms with Crippen molar-refractivity contribution in [2.24, 2.45) is 5.92 Å². The Morgan fingerprint density at radius 3 is 2.27 bits per heavy atom. The maximum Gasteiger partial charge on any atom is 0.304 e. The summed E-state index contributed by atoms with van der Waals surface area (Å²) in [7, 11) is 0. The number of carbonyl (C=O) groups excluding carboxylic acids is 2. The number of anilines is 1. The molecule has 0 aromatic heterocycles. The van der Waals surface area contributed by atoms with Gasteiger partial charge in [-0.25, -0.2) is 0 Å². The molecule has 0 aliphatic heterocycles. The van der Waals surface area contributed by atoms with Crippen molar-refractivity contribution in [3.63, 3.8) is 0 Å². The Balaban J connectivity index is 2.78. The van der Waals surface area contributed by atoms with E-state index in [0.717, 1.165) is 0 Å². The zero-order chi connectivity index (χ0) is 16.7. The Morgan fingerprint density at radius 1 is 1.23 bits per heavy atom. The molecule has 0 spiro atoms. The summed E-state index contributed by atoms with van der Waals surface area (Å²) >= 11 is 0. The molecular formula is C14H16N2O6. The molecule has 1 amide bonds. The van der Waals surface area contributed by atoms with Crippen LogP contribution in [0, 0.1) is 16.0 Å². The van der Waals surface area contributed by atoms with E-state index in [1.54, 1.807) is 6.92 Å². The van der Waals surface area contributed by atoms with Crippen molar-refractivity contribution in [3.05, 3.63) is 34.4 Å². The first-order chi connectivity index (χ1) is 10.3. The van der Waals surface area contributed by atoms with Crippen molar-refractivity contribution >= 4 is 29.0 Å². The molecular weight excluding hydrogens is 292 g/mol. The molecule has 118 valence electrons. The van der Waals surface area contributed by atoms with E-state index in [9.17, 15) is 24.5 Å². The number of nitrogens with zero attached hydrogens (tertiary/aromatic N) is 1. The summed E-state index contributed by atoms with van der Waals surface area (Å²) in [6, 6.07) is 5.13. The number of rotatable bonds is 8. The highest BCUT2D eigenvalue weighted by molar-refractivity contribution is 5.97. The number of hydrogen-bond acceptors (Lipinski definition) is 5. The van der Waals surface area contributed by atoms with Crippen LogP contribution in [0.25, 0.3) is 0 Å². The van der Waals surface area contributed by atoms with Crippen LogP contribution in [0.15, 0.2) is 24.3 Å². The van der Waals surface area contributed by atoms with E-state index in [1.807, 2.05) is 0 Å². The van der Waals surface area contributed by atoms with Crippen LogP contribution in [-0.4, -0.2) is 27.7 Å². The number of non-ortho nitro benzene ring substituents is 1. The maximum absolute atomic E-state index is 12.1. The highest BCUT2D eigenvalue weighted by Gasteiger charge is 2.24. The molecule has 0 unspecified atom stereocenters. The van der Waals surface area contributed by atoms with Crippen molar-refractivity contribution < 1.29 is 24.4 Å². The highest BCUT2D eigenvalue weighted by atomic mass is 16.6. The van der Waals surface area contributed by atoms with Gasteiger partial charge in [-0.15, -0.1) is 0 Å². The largest absolute Gasteiger partial charge is 0.481 e. The lowest BCUT2D eigenvalue weighted by atomic mass is 9.96. The average Bonchev–Trinajstić information content (AvgIpc) is 2.46. The van der Waals surface area contributed by atoms with E-state index in [-0.39, 0.29) is 24.3 Å². The summed E-state index contributed by atoms with van der Waals surface area (Å²) in [5, 5.41) is 21.8. The number of nitrogens with one attached hydrogen (secondary N) is 1. The van der Waals surface area contributed by atoms with Crippen LogP contribution in [0.2, 0.25) is 0 Å². The fraction of sp³-hybridized carbons (Fsp3) is 0.357. The van der Waals surface area contributed by atoms with Crippen LogP contribution in [0.5, 0.6) is 0 Å². The zero-order valence-electron chi connectivity index (χ0n) is 11.9. The van der Waals surface area contributed by atoms with Crippen molar-refractivity contribution in [2.75, 3.05) is 5.32 Å². The standard InChI is InChI=1S/C14H16N2O6/c1-2-12(17)7-9(8-13(18)19)14(20)15-10-3-5-11(6-4-10)16(21)22/h3-6,9H,2,7-8H2,1H3,(H,15,20)(H,18,19)/t9-/m0/s1. The van der Waals surface area contributed by atoms with Gasteiger partial charge in [-0.1, -0.05) is 6.92 Å². The molecule has 0 aliphatic carbocycles. The molecule has 0 saturated carbocycles. The van der Waals surface area contributed by atoms with Crippen LogP contribution in [0.3, 0.4) is 0 Å². The van der Waals surface area contributed by atoms with E-state index in [1.165, 1.54) is 24.3 Å². The van der Waals surface area contributed by atoms with Gasteiger partial charge < -0.3 is 10.4 Å². The normalized spacial score (nSPS) is 11.5. The minimum atomic E-state index is -1.17. The molecule has 0 radical (unpaired) electrons. The summed E-state index contributed by atoms with van der Waals surface area (Å²) in [4.78, 5) is 44.2. The van der Waals surface area contributed by atoms with Crippen LogP contribution in [0.4, 0.5) is 11.4 Å². The van der Waals surface area contributed by atoms with Gasteiger partial charge in [0, 0.05) is 30.7 Å². The van der Waals surface area contributed by atoms with Crippen molar-refractivity contribution in [1.29, 1.82) is 0 Å². The van der Waals surface area contributed by atoms with Crippen molar-refractivity contribution in [2.45, 2.75) is 26.2 Å². The number of carboxylic acid groups (broad SMARTS) is 1. The number of carboxylic acids is 1. The van der Waals surface area contributed by atoms with Gasteiger partial charge in [-0.2, -0.15) is 0 Å². The van der Waals surface area contributed by atoms with Gasteiger partial charge in [0.2, 0.25) is 5.91 Å². The molecule has 0 saturated heterocycles. The molecule has 0 fully saturated rings. The summed E-state index contributed by atoms with van der Waals surface area (Å²) in [5.74, 6) is -2.95. The predicted molar refractivity (Wildman–Crippen MR) is 77.4 cm³/mol. The van der Waals surface area contributed by atoms with Crippen molar-refractivity contribution in [1.82, 2.24) is 0 Å². The molecule has 8 nitrogen and oxygen atoms in total. The van der Waals surface area contributed by atoms with Crippen molar-refractivity contribution in [3.8, 4) is 0 Å². The number of amides is 1. The topological polar surface area (TPSA) is 127 Å². The fourth-order valence-corrected chi connectivity index (χ4v) is 1.80. The molecule has 0 heterocycles. The van der Waals surface area contributed by atoms with E-state index < -0.39 is 29.1 Å². The second-order valence-electron chi connectivity index (χ2n) is 4.68. The molecule has 8 heteroatoms. The summed E-state index contributed by atoms with van der Waals surface area (Å²) in [6.07, 6.45) is -0.382. The molecule has 1 aromatic rings. The van der Waals surface area contributed by atoms with E-state index >= 15 is 0 Å². The van der Waals surface area contributed by atoms with Crippen LogP contribution in [0.1, 0.15) is 26.2 Å². The Bertz CT molecular complexity index is 582. The zero-order valence-corrected chi connectivity index (χ0v) is 11.9. The Kier molecular flexibility index (Phi) is 6.18. The Morgan fingerprint density at radius 2 is 1.82 bits per heavy atom. The first-order valence-corrected chi connectivity index (χ1v) is 6.62. The maximum atomic E-state index is 12.1. The van der Waals surface area contributed by atoms with Crippen LogP contribution >= 0.6 is 0 Å². The third-order valence-corrected chi connectivity index (χ3v) is 3.01. The molecule has 1 rings (SSSR count). The summed E-state index contributed by atoms with van der Waals surface area (Å²) < 4.78 is 0. The van der Waals surface area contributed by atoms with Gasteiger partial charge in [0.05, 0.1) is 17.3 Å². The van der Waals surface area contributed by atoms with Gasteiger partial charge in [0.1, 0.15) is 5.78 Å². The number of aliphatic carboxylic acids is 1. The van der Waals surface area contributed by atoms with Gasteiger partial charge in [-0.05, 0) is 12.1 Å². The Labute approximate surface area is 126 Å². The minimum Gasteiger partial charge on any atom is -0.481 e. The third-order valence-electron chi connectivity index (χ3n) is 3.01. The molecule has 1 atom stereocenters. The SMILES string of the molecule is CCC(=O)C[C@@H](CC(=O)O)C(=O)Nc1ccc([N+](=O)[O-])cc1.